The third-order valence-corrected chi connectivity index (χ3v) is 8.03. The van der Waals surface area contributed by atoms with Crippen molar-refractivity contribution in [3.05, 3.63) is 112 Å². The number of fused-ring (bicyclic) bond motifs is 1. The molecule has 1 amide bonds. The highest BCUT2D eigenvalue weighted by atomic mass is 32.2. The van der Waals surface area contributed by atoms with Crippen LogP contribution in [0.2, 0.25) is 0 Å². The fourth-order valence-corrected chi connectivity index (χ4v) is 5.56. The lowest BCUT2D eigenvalue weighted by Crippen LogP contribution is -2.31. The second-order valence-corrected chi connectivity index (χ2v) is 10.8. The largest absolute Gasteiger partial charge is 0.392 e. The van der Waals surface area contributed by atoms with Gasteiger partial charge in [-0.2, -0.15) is 5.10 Å². The Kier molecular flexibility index (Phi) is 8.11. The number of aromatic amines is 1. The SMILES string of the molecule is O=C(NCc1ccc(C2O[C@H](CSc3ncn[nH]3)C[C@H](c3ccc(CO)cc3)O2)cc1)c1ccc2c(c1)C(=O)OC2=O. The highest BCUT2D eigenvalue weighted by molar-refractivity contribution is 7.99. The van der Waals surface area contributed by atoms with Gasteiger partial charge in [-0.05, 0) is 34.9 Å². The van der Waals surface area contributed by atoms with Crippen LogP contribution in [0.5, 0.6) is 0 Å². The molecule has 0 radical (unpaired) electrons. The quantitative estimate of drug-likeness (QED) is 0.150. The molecule has 42 heavy (non-hydrogen) atoms. The molecule has 0 bridgehead atoms. The van der Waals surface area contributed by atoms with Crippen molar-refractivity contribution < 1.29 is 33.7 Å². The molecule has 0 spiro atoms. The Hall–Kier alpha value is -4.36. The van der Waals surface area contributed by atoms with Crippen molar-refractivity contribution in [3.63, 3.8) is 0 Å². The van der Waals surface area contributed by atoms with Crippen LogP contribution >= 0.6 is 11.8 Å². The monoisotopic (exact) mass is 586 g/mol. The minimum atomic E-state index is -0.754. The fourth-order valence-electron chi connectivity index (χ4n) is 4.76. The zero-order valence-corrected chi connectivity index (χ0v) is 23.0. The van der Waals surface area contributed by atoms with Crippen LogP contribution in [0.15, 0.2) is 78.2 Å². The van der Waals surface area contributed by atoms with Crippen LogP contribution in [0.4, 0.5) is 0 Å². The molecule has 6 rings (SSSR count). The Morgan fingerprint density at radius 2 is 1.69 bits per heavy atom. The number of thioether (sulfide) groups is 1. The lowest BCUT2D eigenvalue weighted by Gasteiger charge is -2.36. The number of hydrogen-bond acceptors (Lipinski definition) is 10. The fraction of sp³-hybridized carbons (Fsp3) is 0.233. The van der Waals surface area contributed by atoms with Gasteiger partial charge in [0.1, 0.15) is 6.33 Å². The van der Waals surface area contributed by atoms with E-state index >= 15 is 0 Å². The minimum Gasteiger partial charge on any atom is -0.392 e. The van der Waals surface area contributed by atoms with Crippen LogP contribution in [0.3, 0.4) is 0 Å². The zero-order chi connectivity index (χ0) is 29.1. The van der Waals surface area contributed by atoms with Crippen LogP contribution in [-0.4, -0.2) is 50.0 Å². The Labute approximate surface area is 244 Å². The number of aliphatic hydroxyl groups excluding tert-OH is 1. The number of carbonyl (C=O) groups is 3. The number of rotatable bonds is 9. The lowest BCUT2D eigenvalue weighted by atomic mass is 10.0. The number of ether oxygens (including phenoxy) is 3. The highest BCUT2D eigenvalue weighted by Gasteiger charge is 2.33. The van der Waals surface area contributed by atoms with Gasteiger partial charge >= 0.3 is 11.9 Å². The predicted molar refractivity (Wildman–Crippen MR) is 149 cm³/mol. The molecule has 0 aliphatic carbocycles. The summed E-state index contributed by atoms with van der Waals surface area (Å²) in [5, 5.41) is 19.7. The summed E-state index contributed by atoms with van der Waals surface area (Å²) in [5.41, 5.74) is 4.01. The molecule has 0 saturated carbocycles. The Bertz CT molecular complexity index is 1590. The van der Waals surface area contributed by atoms with Gasteiger partial charge in [0.05, 0.1) is 29.9 Å². The third kappa shape index (κ3) is 6.11. The van der Waals surface area contributed by atoms with Gasteiger partial charge in [0.2, 0.25) is 0 Å². The number of esters is 2. The summed E-state index contributed by atoms with van der Waals surface area (Å²) in [5.74, 6) is -1.19. The molecule has 2 aliphatic heterocycles. The molecule has 4 aromatic rings. The van der Waals surface area contributed by atoms with Gasteiger partial charge in [-0.15, -0.1) is 0 Å². The van der Waals surface area contributed by atoms with Crippen molar-refractivity contribution in [3.8, 4) is 0 Å². The summed E-state index contributed by atoms with van der Waals surface area (Å²) >= 11 is 1.53. The van der Waals surface area contributed by atoms with Crippen molar-refractivity contribution in [1.29, 1.82) is 0 Å². The van der Waals surface area contributed by atoms with E-state index in [1.165, 1.54) is 36.3 Å². The van der Waals surface area contributed by atoms with Gasteiger partial charge in [0.25, 0.3) is 5.91 Å². The molecular formula is C30H26N4O7S. The second kappa shape index (κ2) is 12.2. The van der Waals surface area contributed by atoms with Crippen molar-refractivity contribution in [2.24, 2.45) is 0 Å². The number of nitrogens with zero attached hydrogens (tertiary/aromatic N) is 2. The molecule has 3 aromatic carbocycles. The summed E-state index contributed by atoms with van der Waals surface area (Å²) in [7, 11) is 0. The topological polar surface area (TPSA) is 153 Å². The maximum Gasteiger partial charge on any atom is 0.346 e. The van der Waals surface area contributed by atoms with Gasteiger partial charge in [-0.1, -0.05) is 60.3 Å². The summed E-state index contributed by atoms with van der Waals surface area (Å²) in [6, 6.07) is 19.6. The van der Waals surface area contributed by atoms with Gasteiger partial charge in [-0.25, -0.2) is 14.6 Å². The van der Waals surface area contributed by atoms with E-state index in [0.29, 0.717) is 17.3 Å². The molecule has 3 heterocycles. The van der Waals surface area contributed by atoms with E-state index in [1.54, 1.807) is 0 Å². The molecule has 1 saturated heterocycles. The minimum absolute atomic E-state index is 0.0241. The average molecular weight is 587 g/mol. The number of aromatic nitrogens is 3. The molecule has 12 heteroatoms. The summed E-state index contributed by atoms with van der Waals surface area (Å²) in [6.07, 6.45) is 1.17. The molecule has 1 unspecified atom stereocenters. The Balaban J connectivity index is 1.12. The van der Waals surface area contributed by atoms with Gasteiger partial charge < -0.3 is 24.6 Å². The van der Waals surface area contributed by atoms with E-state index in [1.807, 2.05) is 48.5 Å². The smallest absolute Gasteiger partial charge is 0.346 e. The van der Waals surface area contributed by atoms with E-state index in [9.17, 15) is 19.5 Å². The number of carbonyl (C=O) groups excluding carboxylic acids is 3. The predicted octanol–water partition coefficient (Wildman–Crippen LogP) is 3.88. The third-order valence-electron chi connectivity index (χ3n) is 7.03. The van der Waals surface area contributed by atoms with Gasteiger partial charge in [0.15, 0.2) is 11.4 Å². The van der Waals surface area contributed by atoms with E-state index in [2.05, 4.69) is 25.2 Å². The number of cyclic esters (lactones) is 2. The number of aliphatic hydroxyl groups is 1. The van der Waals surface area contributed by atoms with Gasteiger partial charge in [-0.3, -0.25) is 9.89 Å². The summed E-state index contributed by atoms with van der Waals surface area (Å²) in [6.45, 7) is 0.228. The van der Waals surface area contributed by atoms with Crippen LogP contribution in [0.1, 0.15) is 72.1 Å². The normalized spacial score (nSPS) is 19.8. The molecule has 1 aromatic heterocycles. The van der Waals surface area contributed by atoms with Crippen molar-refractivity contribution >= 4 is 29.6 Å². The van der Waals surface area contributed by atoms with E-state index in [0.717, 1.165) is 22.3 Å². The van der Waals surface area contributed by atoms with E-state index < -0.39 is 18.2 Å². The first kappa shape index (κ1) is 27.8. The van der Waals surface area contributed by atoms with Crippen LogP contribution < -0.4 is 5.32 Å². The van der Waals surface area contributed by atoms with Crippen molar-refractivity contribution in [2.75, 3.05) is 5.75 Å². The van der Waals surface area contributed by atoms with E-state index in [4.69, 9.17) is 9.47 Å². The second-order valence-electron chi connectivity index (χ2n) is 9.81. The molecule has 3 atom stereocenters. The molecular weight excluding hydrogens is 560 g/mol. The van der Waals surface area contributed by atoms with Crippen LogP contribution in [-0.2, 0) is 27.4 Å². The first-order valence-corrected chi connectivity index (χ1v) is 14.2. The Morgan fingerprint density at radius 1 is 0.952 bits per heavy atom. The molecule has 214 valence electrons. The maximum atomic E-state index is 12.7. The molecule has 11 nitrogen and oxygen atoms in total. The average Bonchev–Trinajstić information content (AvgIpc) is 3.66. The van der Waals surface area contributed by atoms with Gasteiger partial charge in [0, 0.05) is 29.8 Å². The maximum absolute atomic E-state index is 12.7. The number of H-pyrrole nitrogens is 1. The standard InChI is InChI=1S/C30H26N4O7S/c35-14-18-3-5-19(6-4-18)25-12-22(15-42-30-32-16-33-34-30)39-29(40-25)20-7-1-17(2-8-20)13-31-26(36)21-9-10-23-24(11-21)28(38)41-27(23)37/h1-11,16,22,25,29,35H,12-15H2,(H,31,36)(H,32,33,34)/t22-,25+,29?/m0/s1. The number of amides is 1. The highest BCUT2D eigenvalue weighted by Crippen LogP contribution is 2.39. The number of nitrogens with one attached hydrogen (secondary N) is 2. The molecule has 1 fully saturated rings. The van der Waals surface area contributed by atoms with Crippen molar-refractivity contribution in [2.45, 2.75) is 43.2 Å². The zero-order valence-electron chi connectivity index (χ0n) is 22.2. The number of benzene rings is 3. The molecule has 2 aliphatic rings. The summed E-state index contributed by atoms with van der Waals surface area (Å²) < 4.78 is 17.3. The lowest BCUT2D eigenvalue weighted by molar-refractivity contribution is -0.245. The molecule has 3 N–H and O–H groups in total. The first-order valence-electron chi connectivity index (χ1n) is 13.2. The Morgan fingerprint density at radius 3 is 2.43 bits per heavy atom. The summed E-state index contributed by atoms with van der Waals surface area (Å²) in [4.78, 5) is 40.3. The van der Waals surface area contributed by atoms with Crippen LogP contribution in [0, 0.1) is 0 Å². The van der Waals surface area contributed by atoms with E-state index in [-0.39, 0.29) is 48.0 Å². The van der Waals surface area contributed by atoms with Crippen molar-refractivity contribution in [1.82, 2.24) is 20.5 Å². The first-order chi connectivity index (χ1) is 20.5. The van der Waals surface area contributed by atoms with Crippen LogP contribution in [0.25, 0.3) is 0 Å². The number of hydrogen-bond donors (Lipinski definition) is 3.